The molecular formula is C29H22Cl2N2O5. The summed E-state index contributed by atoms with van der Waals surface area (Å²) in [4.78, 5) is 38.9. The Morgan fingerprint density at radius 3 is 2.53 bits per heavy atom. The molecule has 0 aromatic heterocycles. The molecule has 38 heavy (non-hydrogen) atoms. The molecule has 0 bridgehead atoms. The highest BCUT2D eigenvalue weighted by Gasteiger charge is 2.36. The van der Waals surface area contributed by atoms with Gasteiger partial charge in [-0.2, -0.15) is 0 Å². The summed E-state index contributed by atoms with van der Waals surface area (Å²) in [6.45, 7) is -0.352. The smallest absolute Gasteiger partial charge is 0.311 e. The molecule has 1 saturated heterocycles. The van der Waals surface area contributed by atoms with Gasteiger partial charge in [0.05, 0.1) is 16.6 Å². The fraction of sp³-hybridized carbons (Fsp3) is 0.138. The van der Waals surface area contributed by atoms with E-state index in [1.54, 1.807) is 36.4 Å². The fourth-order valence-electron chi connectivity index (χ4n) is 4.25. The van der Waals surface area contributed by atoms with Crippen molar-refractivity contribution in [3.8, 4) is 11.5 Å². The van der Waals surface area contributed by atoms with E-state index < -0.39 is 24.4 Å². The lowest BCUT2D eigenvalue weighted by Gasteiger charge is -2.17. The number of nitrogens with one attached hydrogen (secondary N) is 1. The van der Waals surface area contributed by atoms with Crippen LogP contribution in [0.4, 0.5) is 11.4 Å². The number of esters is 1. The van der Waals surface area contributed by atoms with Gasteiger partial charge in [-0.1, -0.05) is 59.6 Å². The van der Waals surface area contributed by atoms with Gasteiger partial charge < -0.3 is 19.7 Å². The molecular weight excluding hydrogens is 527 g/mol. The average molecular weight is 549 g/mol. The number of anilines is 2. The summed E-state index contributed by atoms with van der Waals surface area (Å²) >= 11 is 12.0. The second kappa shape index (κ2) is 11.1. The van der Waals surface area contributed by atoms with Crippen LogP contribution in [-0.4, -0.2) is 30.9 Å². The van der Waals surface area contributed by atoms with Crippen molar-refractivity contribution in [1.29, 1.82) is 0 Å². The Balaban J connectivity index is 1.17. The van der Waals surface area contributed by atoms with E-state index in [0.717, 1.165) is 16.5 Å². The van der Waals surface area contributed by atoms with Crippen molar-refractivity contribution in [3.05, 3.63) is 95.0 Å². The minimum Gasteiger partial charge on any atom is -0.457 e. The molecule has 0 radical (unpaired) electrons. The van der Waals surface area contributed by atoms with Crippen molar-refractivity contribution < 1.29 is 23.9 Å². The maximum atomic E-state index is 12.6. The van der Waals surface area contributed by atoms with Crippen molar-refractivity contribution >= 4 is 63.1 Å². The molecule has 0 aliphatic carbocycles. The number of hydrogen-bond acceptors (Lipinski definition) is 5. The quantitative estimate of drug-likeness (QED) is 0.267. The summed E-state index contributed by atoms with van der Waals surface area (Å²) in [7, 11) is 0. The molecule has 4 aromatic carbocycles. The summed E-state index contributed by atoms with van der Waals surface area (Å²) in [5.41, 5.74) is 0.958. The van der Waals surface area contributed by atoms with Gasteiger partial charge in [0, 0.05) is 29.1 Å². The zero-order chi connectivity index (χ0) is 26.6. The number of carbonyl (C=O) groups is 3. The molecule has 9 heteroatoms. The molecule has 192 valence electrons. The Labute approximate surface area is 228 Å². The molecule has 5 rings (SSSR count). The van der Waals surface area contributed by atoms with Crippen LogP contribution >= 0.6 is 23.2 Å². The van der Waals surface area contributed by atoms with E-state index in [1.165, 1.54) is 11.0 Å². The second-order valence-corrected chi connectivity index (χ2v) is 9.60. The predicted molar refractivity (Wildman–Crippen MR) is 147 cm³/mol. The highest BCUT2D eigenvalue weighted by molar-refractivity contribution is 6.35. The lowest BCUT2D eigenvalue weighted by atomic mass is 10.1. The molecule has 7 nitrogen and oxygen atoms in total. The number of halogens is 2. The van der Waals surface area contributed by atoms with Crippen LogP contribution in [0, 0.1) is 5.92 Å². The first-order valence-corrected chi connectivity index (χ1v) is 12.6. The molecule has 1 fully saturated rings. The van der Waals surface area contributed by atoms with Crippen molar-refractivity contribution in [2.45, 2.75) is 6.42 Å². The third-order valence-corrected chi connectivity index (χ3v) is 6.70. The maximum absolute atomic E-state index is 12.6. The Hall–Kier alpha value is -4.07. The van der Waals surface area contributed by atoms with Crippen molar-refractivity contribution in [2.24, 2.45) is 5.92 Å². The van der Waals surface area contributed by atoms with E-state index in [2.05, 4.69) is 5.32 Å². The minimum absolute atomic E-state index is 0.00513. The van der Waals surface area contributed by atoms with Gasteiger partial charge in [0.25, 0.3) is 5.91 Å². The number of fused-ring (bicyclic) bond motifs is 1. The molecule has 2 amide bonds. The lowest BCUT2D eigenvalue weighted by Crippen LogP contribution is -2.28. The fourth-order valence-corrected chi connectivity index (χ4v) is 4.59. The van der Waals surface area contributed by atoms with E-state index >= 15 is 0 Å². The number of ether oxygens (including phenoxy) is 2. The van der Waals surface area contributed by atoms with Gasteiger partial charge in [0.2, 0.25) is 5.91 Å². The Morgan fingerprint density at radius 1 is 0.947 bits per heavy atom. The molecule has 0 spiro atoms. The first-order valence-electron chi connectivity index (χ1n) is 11.8. The molecule has 1 aliphatic rings. The Kier molecular flexibility index (Phi) is 7.49. The van der Waals surface area contributed by atoms with E-state index in [1.807, 2.05) is 42.5 Å². The van der Waals surface area contributed by atoms with Gasteiger partial charge in [-0.05, 0) is 53.9 Å². The van der Waals surface area contributed by atoms with Crippen LogP contribution < -0.4 is 15.0 Å². The van der Waals surface area contributed by atoms with Gasteiger partial charge in [-0.15, -0.1) is 0 Å². The first kappa shape index (κ1) is 25.6. The van der Waals surface area contributed by atoms with E-state index in [-0.39, 0.29) is 18.9 Å². The molecule has 4 aromatic rings. The van der Waals surface area contributed by atoms with Crippen LogP contribution in [-0.2, 0) is 19.1 Å². The van der Waals surface area contributed by atoms with E-state index in [4.69, 9.17) is 32.7 Å². The highest BCUT2D eigenvalue weighted by atomic mass is 35.5. The number of hydrogen-bond donors (Lipinski definition) is 1. The van der Waals surface area contributed by atoms with Crippen molar-refractivity contribution in [1.82, 2.24) is 0 Å². The SMILES string of the molecule is O=C(COC(=O)[C@@H]1CC(=O)N(c2ccc(Oc3cccc4ccccc34)cc2)C1)Nc1cc(Cl)ccc1Cl. The van der Waals surface area contributed by atoms with Crippen LogP contribution in [0.5, 0.6) is 11.5 Å². The number of rotatable bonds is 7. The average Bonchev–Trinajstić information content (AvgIpc) is 3.31. The summed E-state index contributed by atoms with van der Waals surface area (Å²) in [6.07, 6.45) is -0.00513. The standard InChI is InChI=1S/C29H22Cl2N2O5/c30-20-8-13-24(31)25(15-20)32-27(34)17-37-29(36)19-14-28(35)33(16-19)21-9-11-22(12-10-21)38-26-7-3-5-18-4-1-2-6-23(18)26/h1-13,15,19H,14,16-17H2,(H,32,34)/t19-/m1/s1. The largest absolute Gasteiger partial charge is 0.457 e. The van der Waals surface area contributed by atoms with E-state index in [9.17, 15) is 14.4 Å². The van der Waals surface area contributed by atoms with Gasteiger partial charge >= 0.3 is 5.97 Å². The number of benzene rings is 4. The third kappa shape index (κ3) is 5.74. The topological polar surface area (TPSA) is 84.9 Å². The molecule has 1 N–H and O–H groups in total. The van der Waals surface area contributed by atoms with Crippen molar-refractivity contribution in [3.63, 3.8) is 0 Å². The predicted octanol–water partition coefficient (Wildman–Crippen LogP) is 6.47. The summed E-state index contributed by atoms with van der Waals surface area (Å²) in [5, 5.41) is 5.33. The zero-order valence-electron chi connectivity index (χ0n) is 20.0. The van der Waals surface area contributed by atoms with Crippen LogP contribution in [0.15, 0.2) is 84.9 Å². The zero-order valence-corrected chi connectivity index (χ0v) is 21.5. The molecule has 0 saturated carbocycles. The number of nitrogens with zero attached hydrogens (tertiary/aromatic N) is 1. The van der Waals surface area contributed by atoms with Gasteiger partial charge in [0.1, 0.15) is 11.5 Å². The molecule has 1 aliphatic heterocycles. The summed E-state index contributed by atoms with van der Waals surface area (Å²) in [6, 6.07) is 25.5. The van der Waals surface area contributed by atoms with Crippen LogP contribution in [0.2, 0.25) is 10.0 Å². The highest BCUT2D eigenvalue weighted by Crippen LogP contribution is 2.32. The van der Waals surface area contributed by atoms with Crippen LogP contribution in [0.1, 0.15) is 6.42 Å². The lowest BCUT2D eigenvalue weighted by molar-refractivity contribution is -0.151. The van der Waals surface area contributed by atoms with Gasteiger partial charge in [0.15, 0.2) is 6.61 Å². The number of amides is 2. The number of carbonyl (C=O) groups excluding carboxylic acids is 3. The van der Waals surface area contributed by atoms with Crippen LogP contribution in [0.3, 0.4) is 0 Å². The van der Waals surface area contributed by atoms with E-state index in [0.29, 0.717) is 27.2 Å². The maximum Gasteiger partial charge on any atom is 0.311 e. The normalized spacial score (nSPS) is 14.9. The summed E-state index contributed by atoms with van der Waals surface area (Å²) < 4.78 is 11.2. The Morgan fingerprint density at radius 2 is 1.71 bits per heavy atom. The molecule has 1 heterocycles. The van der Waals surface area contributed by atoms with Gasteiger partial charge in [-0.3, -0.25) is 14.4 Å². The second-order valence-electron chi connectivity index (χ2n) is 8.76. The minimum atomic E-state index is -0.684. The monoisotopic (exact) mass is 548 g/mol. The first-order chi connectivity index (χ1) is 18.4. The van der Waals surface area contributed by atoms with Gasteiger partial charge in [-0.25, -0.2) is 0 Å². The van der Waals surface area contributed by atoms with Crippen molar-refractivity contribution in [2.75, 3.05) is 23.4 Å². The molecule has 1 atom stereocenters. The van der Waals surface area contributed by atoms with Crippen LogP contribution in [0.25, 0.3) is 10.8 Å². The summed E-state index contributed by atoms with van der Waals surface area (Å²) in [5.74, 6) is -0.716. The Bertz CT molecular complexity index is 1520. The third-order valence-electron chi connectivity index (χ3n) is 6.13. The molecule has 0 unspecified atom stereocenters.